The molecular weight excluding hydrogens is 354 g/mol. The Bertz CT molecular complexity index is 1190. The van der Waals surface area contributed by atoms with E-state index in [1.165, 1.54) is 4.57 Å². The summed E-state index contributed by atoms with van der Waals surface area (Å²) in [6.45, 7) is -0.0616. The van der Waals surface area contributed by atoms with Crippen LogP contribution < -0.4 is 11.0 Å². The van der Waals surface area contributed by atoms with E-state index in [4.69, 9.17) is 0 Å². The molecule has 0 spiro atoms. The van der Waals surface area contributed by atoms with E-state index in [-0.39, 0.29) is 18.1 Å². The number of hydrogen-bond acceptors (Lipinski definition) is 3. The number of aryl methyl sites for hydroxylation is 2. The van der Waals surface area contributed by atoms with E-state index in [2.05, 4.69) is 10.3 Å². The van der Waals surface area contributed by atoms with Gasteiger partial charge >= 0.3 is 5.69 Å². The molecule has 0 saturated heterocycles. The number of carbonyl (C=O) groups is 1. The van der Waals surface area contributed by atoms with Crippen LogP contribution in [-0.4, -0.2) is 24.6 Å². The van der Waals surface area contributed by atoms with E-state index >= 15 is 0 Å². The number of amides is 1. The molecule has 0 radical (unpaired) electrons. The SMILES string of the molecule is Cn1ccnc1C(NC(=O)Cn1c(=O)n(C)c2ccccc21)c1ccccc1. The maximum absolute atomic E-state index is 12.9. The lowest BCUT2D eigenvalue weighted by atomic mass is 10.1. The number of hydrogen-bond donors (Lipinski definition) is 1. The summed E-state index contributed by atoms with van der Waals surface area (Å²) < 4.78 is 4.92. The monoisotopic (exact) mass is 375 g/mol. The number of nitrogens with zero attached hydrogens (tertiary/aromatic N) is 4. The van der Waals surface area contributed by atoms with Crippen LogP contribution in [0, 0.1) is 0 Å². The Hall–Kier alpha value is -3.61. The van der Waals surface area contributed by atoms with Gasteiger partial charge in [0, 0.05) is 26.5 Å². The molecule has 1 amide bonds. The molecule has 2 aromatic heterocycles. The van der Waals surface area contributed by atoms with Crippen molar-refractivity contribution < 1.29 is 4.79 Å². The fourth-order valence-electron chi connectivity index (χ4n) is 3.46. The van der Waals surface area contributed by atoms with Crippen molar-refractivity contribution in [3.8, 4) is 0 Å². The quantitative estimate of drug-likeness (QED) is 0.580. The summed E-state index contributed by atoms with van der Waals surface area (Å²) >= 11 is 0. The molecule has 28 heavy (non-hydrogen) atoms. The van der Waals surface area contributed by atoms with Crippen LogP contribution in [0.4, 0.5) is 0 Å². The number of imidazole rings is 2. The Morgan fingerprint density at radius 3 is 2.39 bits per heavy atom. The van der Waals surface area contributed by atoms with E-state index in [1.54, 1.807) is 17.8 Å². The minimum Gasteiger partial charge on any atom is -0.341 e. The maximum atomic E-state index is 12.9. The highest BCUT2D eigenvalue weighted by Gasteiger charge is 2.22. The Morgan fingerprint density at radius 2 is 1.71 bits per heavy atom. The van der Waals surface area contributed by atoms with Crippen LogP contribution in [-0.2, 0) is 25.4 Å². The van der Waals surface area contributed by atoms with Gasteiger partial charge in [-0.1, -0.05) is 42.5 Å². The molecule has 0 aliphatic heterocycles. The fraction of sp³-hybridized carbons (Fsp3) is 0.190. The van der Waals surface area contributed by atoms with Gasteiger partial charge in [-0.2, -0.15) is 0 Å². The van der Waals surface area contributed by atoms with Gasteiger partial charge in [-0.05, 0) is 17.7 Å². The van der Waals surface area contributed by atoms with Gasteiger partial charge in [0.15, 0.2) is 0 Å². The van der Waals surface area contributed by atoms with Gasteiger partial charge in [-0.15, -0.1) is 0 Å². The Balaban J connectivity index is 1.66. The summed E-state index contributed by atoms with van der Waals surface area (Å²) in [5.74, 6) is 0.472. The van der Waals surface area contributed by atoms with Gasteiger partial charge < -0.3 is 9.88 Å². The van der Waals surface area contributed by atoms with E-state index < -0.39 is 6.04 Å². The maximum Gasteiger partial charge on any atom is 0.329 e. The molecule has 4 aromatic rings. The zero-order valence-electron chi connectivity index (χ0n) is 15.7. The van der Waals surface area contributed by atoms with Gasteiger partial charge in [0.25, 0.3) is 0 Å². The van der Waals surface area contributed by atoms with Crippen LogP contribution in [0.15, 0.2) is 71.8 Å². The van der Waals surface area contributed by atoms with E-state index in [0.717, 1.165) is 22.4 Å². The lowest BCUT2D eigenvalue weighted by molar-refractivity contribution is -0.122. The minimum atomic E-state index is -0.403. The first kappa shape index (κ1) is 17.8. The van der Waals surface area contributed by atoms with E-state index in [1.807, 2.05) is 72.4 Å². The third kappa shape index (κ3) is 3.11. The summed E-state index contributed by atoms with van der Waals surface area (Å²) in [5, 5.41) is 3.03. The van der Waals surface area contributed by atoms with Crippen molar-refractivity contribution in [3.05, 3.63) is 88.9 Å². The number of rotatable bonds is 5. The van der Waals surface area contributed by atoms with Crippen LogP contribution in [0.3, 0.4) is 0 Å². The number of aromatic nitrogens is 4. The molecular formula is C21H21N5O2. The average molecular weight is 375 g/mol. The molecule has 7 nitrogen and oxygen atoms in total. The Morgan fingerprint density at radius 1 is 1.04 bits per heavy atom. The topological polar surface area (TPSA) is 73.8 Å². The van der Waals surface area contributed by atoms with Crippen molar-refractivity contribution in [2.45, 2.75) is 12.6 Å². The zero-order chi connectivity index (χ0) is 19.7. The highest BCUT2D eigenvalue weighted by atomic mass is 16.2. The van der Waals surface area contributed by atoms with Gasteiger partial charge in [-0.3, -0.25) is 13.9 Å². The summed E-state index contributed by atoms with van der Waals surface area (Å²) in [7, 11) is 3.60. The van der Waals surface area contributed by atoms with E-state index in [9.17, 15) is 9.59 Å². The molecule has 1 atom stereocenters. The lowest BCUT2D eigenvalue weighted by Crippen LogP contribution is -2.36. The first-order valence-electron chi connectivity index (χ1n) is 9.02. The van der Waals surface area contributed by atoms with E-state index in [0.29, 0.717) is 0 Å². The van der Waals surface area contributed by atoms with Crippen LogP contribution in [0.25, 0.3) is 11.0 Å². The molecule has 2 aromatic carbocycles. The third-order valence-electron chi connectivity index (χ3n) is 4.91. The predicted octanol–water partition coefficient (Wildman–Crippen LogP) is 1.98. The highest BCUT2D eigenvalue weighted by Crippen LogP contribution is 2.20. The third-order valence-corrected chi connectivity index (χ3v) is 4.91. The van der Waals surface area contributed by atoms with Gasteiger partial charge in [0.2, 0.25) is 5.91 Å². The highest BCUT2D eigenvalue weighted by molar-refractivity contribution is 5.81. The molecule has 0 saturated carbocycles. The number of para-hydroxylation sites is 2. The van der Waals surface area contributed by atoms with Crippen LogP contribution in [0.2, 0.25) is 0 Å². The second-order valence-electron chi connectivity index (χ2n) is 6.72. The molecule has 7 heteroatoms. The van der Waals surface area contributed by atoms with Gasteiger partial charge in [-0.25, -0.2) is 9.78 Å². The molecule has 4 rings (SSSR count). The molecule has 0 bridgehead atoms. The van der Waals surface area contributed by atoms with Crippen molar-refractivity contribution >= 4 is 16.9 Å². The molecule has 0 fully saturated rings. The first-order chi connectivity index (χ1) is 13.6. The van der Waals surface area contributed by atoms with Gasteiger partial charge in [0.1, 0.15) is 18.4 Å². The molecule has 0 aliphatic carbocycles. The Kier molecular flexibility index (Phi) is 4.57. The fourth-order valence-corrected chi connectivity index (χ4v) is 3.46. The lowest BCUT2D eigenvalue weighted by Gasteiger charge is -2.19. The molecule has 1 N–H and O–H groups in total. The summed E-state index contributed by atoms with van der Waals surface area (Å²) in [6, 6.07) is 16.7. The smallest absolute Gasteiger partial charge is 0.329 e. The van der Waals surface area contributed by atoms with Crippen molar-refractivity contribution in [3.63, 3.8) is 0 Å². The Labute approximate surface area is 161 Å². The van der Waals surface area contributed by atoms with Crippen LogP contribution >= 0.6 is 0 Å². The minimum absolute atomic E-state index is 0.0616. The number of fused-ring (bicyclic) bond motifs is 1. The van der Waals surface area contributed by atoms with Crippen LogP contribution in [0.5, 0.6) is 0 Å². The van der Waals surface area contributed by atoms with Crippen molar-refractivity contribution in [1.29, 1.82) is 0 Å². The standard InChI is InChI=1S/C21H21N5O2/c1-24-13-12-22-20(24)19(15-8-4-3-5-9-15)23-18(27)14-26-17-11-7-6-10-16(17)25(2)21(26)28/h3-13,19H,14H2,1-2H3,(H,23,27). The normalized spacial score (nSPS) is 12.2. The average Bonchev–Trinajstić information content (AvgIpc) is 3.24. The van der Waals surface area contributed by atoms with Crippen molar-refractivity contribution in [2.75, 3.05) is 0 Å². The van der Waals surface area contributed by atoms with Crippen molar-refractivity contribution in [2.24, 2.45) is 14.1 Å². The number of nitrogens with one attached hydrogen (secondary N) is 1. The zero-order valence-corrected chi connectivity index (χ0v) is 15.7. The predicted molar refractivity (Wildman–Crippen MR) is 107 cm³/mol. The second-order valence-corrected chi connectivity index (χ2v) is 6.72. The summed E-state index contributed by atoms with van der Waals surface area (Å²) in [6.07, 6.45) is 3.54. The summed E-state index contributed by atoms with van der Waals surface area (Å²) in [5.41, 5.74) is 2.24. The molecule has 0 aliphatic rings. The van der Waals surface area contributed by atoms with Crippen molar-refractivity contribution in [1.82, 2.24) is 24.0 Å². The second kappa shape index (κ2) is 7.19. The first-order valence-corrected chi connectivity index (χ1v) is 9.02. The summed E-state index contributed by atoms with van der Waals surface area (Å²) in [4.78, 5) is 29.9. The van der Waals surface area contributed by atoms with Gasteiger partial charge in [0.05, 0.1) is 11.0 Å². The molecule has 142 valence electrons. The largest absolute Gasteiger partial charge is 0.341 e. The number of carbonyl (C=O) groups excluding carboxylic acids is 1. The molecule has 2 heterocycles. The number of benzene rings is 2. The van der Waals surface area contributed by atoms with Crippen LogP contribution in [0.1, 0.15) is 17.4 Å². The molecule has 1 unspecified atom stereocenters.